The largest absolute Gasteiger partial charge is 0.322 e. The second kappa shape index (κ2) is 9.69. The maximum atomic E-state index is 12.6. The van der Waals surface area contributed by atoms with Crippen LogP contribution in [0.4, 0.5) is 5.69 Å². The SMILES string of the molecule is Cc1csc(SCc2ccc(C(=O)Nc3ccc(Cc4ccncc4)cc3)cc2)n1. The number of pyridine rings is 1. The number of thioether (sulfide) groups is 1. The molecule has 30 heavy (non-hydrogen) atoms. The van der Waals surface area contributed by atoms with Gasteiger partial charge in [0.1, 0.15) is 4.34 Å². The van der Waals surface area contributed by atoms with E-state index in [1.165, 1.54) is 16.7 Å². The van der Waals surface area contributed by atoms with Crippen molar-refractivity contribution in [3.8, 4) is 0 Å². The molecule has 0 unspecified atom stereocenters. The van der Waals surface area contributed by atoms with Crippen molar-refractivity contribution < 1.29 is 4.79 Å². The third-order valence-corrected chi connectivity index (χ3v) is 6.76. The van der Waals surface area contributed by atoms with Gasteiger partial charge in [0.15, 0.2) is 0 Å². The first kappa shape index (κ1) is 20.3. The number of benzene rings is 2. The van der Waals surface area contributed by atoms with Crippen LogP contribution in [-0.4, -0.2) is 15.9 Å². The van der Waals surface area contributed by atoms with Gasteiger partial charge < -0.3 is 5.32 Å². The molecule has 1 N–H and O–H groups in total. The van der Waals surface area contributed by atoms with Crippen molar-refractivity contribution in [2.24, 2.45) is 0 Å². The Labute approximate surface area is 184 Å². The van der Waals surface area contributed by atoms with Gasteiger partial charge in [0.25, 0.3) is 5.91 Å². The van der Waals surface area contributed by atoms with Crippen molar-refractivity contribution in [2.45, 2.75) is 23.4 Å². The molecule has 4 rings (SSSR count). The van der Waals surface area contributed by atoms with Gasteiger partial charge in [-0.3, -0.25) is 9.78 Å². The quantitative estimate of drug-likeness (QED) is 0.366. The molecule has 6 heteroatoms. The highest BCUT2D eigenvalue weighted by Crippen LogP contribution is 2.26. The molecule has 0 bridgehead atoms. The molecule has 0 fully saturated rings. The van der Waals surface area contributed by atoms with E-state index in [2.05, 4.69) is 20.7 Å². The van der Waals surface area contributed by atoms with E-state index < -0.39 is 0 Å². The monoisotopic (exact) mass is 431 g/mol. The summed E-state index contributed by atoms with van der Waals surface area (Å²) in [6, 6.07) is 19.7. The Balaban J connectivity index is 1.32. The number of anilines is 1. The first-order valence-electron chi connectivity index (χ1n) is 9.59. The maximum absolute atomic E-state index is 12.6. The molecule has 0 saturated carbocycles. The van der Waals surface area contributed by atoms with Crippen LogP contribution in [0.1, 0.15) is 32.7 Å². The number of thiazole rings is 1. The summed E-state index contributed by atoms with van der Waals surface area (Å²) in [5.41, 5.74) is 6.07. The van der Waals surface area contributed by atoms with Gasteiger partial charge in [-0.2, -0.15) is 0 Å². The molecule has 0 atom stereocenters. The highest BCUT2D eigenvalue weighted by atomic mass is 32.2. The van der Waals surface area contributed by atoms with Crippen molar-refractivity contribution in [2.75, 3.05) is 5.32 Å². The van der Waals surface area contributed by atoms with E-state index >= 15 is 0 Å². The number of nitrogens with zero attached hydrogens (tertiary/aromatic N) is 2. The lowest BCUT2D eigenvalue weighted by Gasteiger charge is -2.08. The lowest BCUT2D eigenvalue weighted by atomic mass is 10.1. The normalized spacial score (nSPS) is 10.7. The molecule has 0 radical (unpaired) electrons. The molecule has 1 amide bonds. The topological polar surface area (TPSA) is 54.9 Å². The molecule has 2 aromatic heterocycles. The van der Waals surface area contributed by atoms with Crippen LogP contribution in [-0.2, 0) is 12.2 Å². The van der Waals surface area contributed by atoms with Gasteiger partial charge in [-0.05, 0) is 66.4 Å². The fourth-order valence-corrected chi connectivity index (χ4v) is 4.75. The van der Waals surface area contributed by atoms with E-state index in [-0.39, 0.29) is 5.91 Å². The Hall–Kier alpha value is -2.96. The molecule has 0 aliphatic carbocycles. The molecule has 0 saturated heterocycles. The number of hydrogen-bond donors (Lipinski definition) is 1. The first-order valence-corrected chi connectivity index (χ1v) is 11.5. The van der Waals surface area contributed by atoms with Crippen LogP contribution in [0.15, 0.2) is 82.8 Å². The summed E-state index contributed by atoms with van der Waals surface area (Å²) in [4.78, 5) is 21.1. The maximum Gasteiger partial charge on any atom is 0.255 e. The predicted molar refractivity (Wildman–Crippen MR) is 124 cm³/mol. The fourth-order valence-electron chi connectivity index (χ4n) is 2.94. The number of aryl methyl sites for hydroxylation is 1. The number of amides is 1. The highest BCUT2D eigenvalue weighted by molar-refractivity contribution is 8.00. The summed E-state index contributed by atoms with van der Waals surface area (Å²) >= 11 is 3.38. The minimum atomic E-state index is -0.105. The summed E-state index contributed by atoms with van der Waals surface area (Å²) in [5, 5.41) is 5.02. The number of nitrogens with one attached hydrogen (secondary N) is 1. The molecule has 4 aromatic rings. The number of aromatic nitrogens is 2. The van der Waals surface area contributed by atoms with E-state index in [1.54, 1.807) is 35.5 Å². The molecule has 0 aliphatic heterocycles. The summed E-state index contributed by atoms with van der Waals surface area (Å²) in [7, 11) is 0. The minimum Gasteiger partial charge on any atom is -0.322 e. The van der Waals surface area contributed by atoms with Crippen molar-refractivity contribution in [1.82, 2.24) is 9.97 Å². The average Bonchev–Trinajstić information content (AvgIpc) is 3.20. The third-order valence-electron chi connectivity index (χ3n) is 4.55. The Bertz CT molecular complexity index is 1110. The first-order chi connectivity index (χ1) is 14.7. The average molecular weight is 432 g/mol. The van der Waals surface area contributed by atoms with Crippen LogP contribution >= 0.6 is 23.1 Å². The zero-order valence-electron chi connectivity index (χ0n) is 16.5. The van der Waals surface area contributed by atoms with E-state index in [4.69, 9.17) is 0 Å². The van der Waals surface area contributed by atoms with Gasteiger partial charge in [0, 0.05) is 40.5 Å². The van der Waals surface area contributed by atoms with Crippen molar-refractivity contribution in [1.29, 1.82) is 0 Å². The van der Waals surface area contributed by atoms with Crippen LogP contribution in [0, 0.1) is 6.92 Å². The number of carbonyl (C=O) groups excluding carboxylic acids is 1. The number of carbonyl (C=O) groups is 1. The van der Waals surface area contributed by atoms with Gasteiger partial charge in [-0.15, -0.1) is 11.3 Å². The van der Waals surface area contributed by atoms with Gasteiger partial charge >= 0.3 is 0 Å². The Kier molecular flexibility index (Phi) is 6.57. The van der Waals surface area contributed by atoms with E-state index in [0.29, 0.717) is 5.56 Å². The van der Waals surface area contributed by atoms with Crippen molar-refractivity contribution >= 4 is 34.7 Å². The highest BCUT2D eigenvalue weighted by Gasteiger charge is 2.07. The van der Waals surface area contributed by atoms with Gasteiger partial charge in [0.2, 0.25) is 0 Å². The molecule has 0 aliphatic rings. The van der Waals surface area contributed by atoms with E-state index in [1.807, 2.05) is 67.6 Å². The van der Waals surface area contributed by atoms with Crippen molar-refractivity contribution in [3.05, 3.63) is 106 Å². The van der Waals surface area contributed by atoms with Crippen molar-refractivity contribution in [3.63, 3.8) is 0 Å². The Morgan fingerprint density at radius 2 is 1.60 bits per heavy atom. The number of rotatable bonds is 7. The summed E-state index contributed by atoms with van der Waals surface area (Å²) in [6.07, 6.45) is 4.44. The molecule has 2 aromatic carbocycles. The zero-order valence-corrected chi connectivity index (χ0v) is 18.2. The van der Waals surface area contributed by atoms with E-state index in [0.717, 1.165) is 27.9 Å². The molecular weight excluding hydrogens is 410 g/mol. The zero-order chi connectivity index (χ0) is 20.8. The van der Waals surface area contributed by atoms with Crippen LogP contribution in [0.3, 0.4) is 0 Å². The van der Waals surface area contributed by atoms with Gasteiger partial charge in [-0.1, -0.05) is 36.0 Å². The second-order valence-electron chi connectivity index (χ2n) is 6.92. The third kappa shape index (κ3) is 5.55. The lowest BCUT2D eigenvalue weighted by molar-refractivity contribution is 0.102. The smallest absolute Gasteiger partial charge is 0.255 e. The molecule has 150 valence electrons. The molecular formula is C24H21N3OS2. The second-order valence-corrected chi connectivity index (χ2v) is 9.00. The molecule has 2 heterocycles. The standard InChI is InChI=1S/C24H21N3OS2/c1-17-15-29-24(26-17)30-16-20-2-6-21(7-3-20)23(28)27-22-8-4-18(5-9-22)14-19-10-12-25-13-11-19/h2-13,15H,14,16H2,1H3,(H,27,28). The minimum absolute atomic E-state index is 0.105. The van der Waals surface area contributed by atoms with Crippen LogP contribution < -0.4 is 5.32 Å². The predicted octanol–water partition coefficient (Wildman–Crippen LogP) is 5.98. The van der Waals surface area contributed by atoms with Crippen LogP contribution in [0.5, 0.6) is 0 Å². The van der Waals surface area contributed by atoms with Crippen LogP contribution in [0.2, 0.25) is 0 Å². The van der Waals surface area contributed by atoms with Gasteiger partial charge in [0.05, 0.1) is 0 Å². The summed E-state index contributed by atoms with van der Waals surface area (Å²) in [5.74, 6) is 0.736. The van der Waals surface area contributed by atoms with E-state index in [9.17, 15) is 4.79 Å². The molecule has 0 spiro atoms. The summed E-state index contributed by atoms with van der Waals surface area (Å²) in [6.45, 7) is 2.00. The Morgan fingerprint density at radius 1 is 0.933 bits per heavy atom. The molecule has 4 nitrogen and oxygen atoms in total. The fraction of sp³-hybridized carbons (Fsp3) is 0.125. The number of hydrogen-bond acceptors (Lipinski definition) is 5. The lowest BCUT2D eigenvalue weighted by Crippen LogP contribution is -2.11. The van der Waals surface area contributed by atoms with Crippen LogP contribution in [0.25, 0.3) is 0 Å². The Morgan fingerprint density at radius 3 is 2.27 bits per heavy atom. The summed E-state index contributed by atoms with van der Waals surface area (Å²) < 4.78 is 1.07. The van der Waals surface area contributed by atoms with Gasteiger partial charge in [-0.25, -0.2) is 4.98 Å².